The first kappa shape index (κ1) is 15.2. The fourth-order valence-electron chi connectivity index (χ4n) is 1.60. The van der Waals surface area contributed by atoms with Crippen LogP contribution in [0.2, 0.25) is 0 Å². The minimum atomic E-state index is 1.00. The highest BCUT2D eigenvalue weighted by Gasteiger charge is 1.86. The van der Waals surface area contributed by atoms with Crippen LogP contribution < -0.4 is 0 Å². The van der Waals surface area contributed by atoms with Gasteiger partial charge in [-0.15, -0.1) is 6.58 Å². The number of hydrogen-bond acceptors (Lipinski definition) is 0. The van der Waals surface area contributed by atoms with Crippen LogP contribution in [0.1, 0.15) is 64.7 Å². The van der Waals surface area contributed by atoms with Crippen molar-refractivity contribution < 1.29 is 0 Å². The second-order valence-electron chi connectivity index (χ2n) is 4.25. The molecule has 0 aromatic carbocycles. The number of hydrogen-bond donors (Lipinski definition) is 0. The molecule has 0 rings (SSSR count). The molecule has 0 atom stereocenters. The fourth-order valence-corrected chi connectivity index (χ4v) is 1.60. The van der Waals surface area contributed by atoms with E-state index < -0.39 is 0 Å². The van der Waals surface area contributed by atoms with Gasteiger partial charge in [-0.25, -0.2) is 0 Å². The van der Waals surface area contributed by atoms with Gasteiger partial charge in [-0.05, 0) is 32.1 Å². The molecule has 0 aliphatic carbocycles. The Morgan fingerprint density at radius 2 is 1.38 bits per heavy atom. The van der Waals surface area contributed by atoms with Crippen molar-refractivity contribution in [1.29, 1.82) is 0 Å². The maximum absolute atomic E-state index is 3.68. The number of allylic oxidation sites excluding steroid dienone is 5. The average molecular weight is 220 g/mol. The normalized spacial score (nSPS) is 11.6. The Morgan fingerprint density at radius 3 is 2.06 bits per heavy atom. The van der Waals surface area contributed by atoms with Gasteiger partial charge < -0.3 is 0 Å². The summed E-state index contributed by atoms with van der Waals surface area (Å²) in [7, 11) is 0. The topological polar surface area (TPSA) is 0 Å². The average Bonchev–Trinajstić information content (AvgIpc) is 2.31. The second-order valence-corrected chi connectivity index (χ2v) is 4.25. The van der Waals surface area contributed by atoms with Crippen LogP contribution in [0.3, 0.4) is 0 Å². The van der Waals surface area contributed by atoms with Gasteiger partial charge in [-0.2, -0.15) is 0 Å². The summed E-state index contributed by atoms with van der Waals surface area (Å²) in [5.74, 6) is 0. The molecule has 0 heterocycles. The summed E-state index contributed by atoms with van der Waals surface area (Å²) >= 11 is 0. The highest BCUT2D eigenvalue weighted by molar-refractivity contribution is 4.91. The van der Waals surface area contributed by atoms with Gasteiger partial charge in [-0.1, -0.05) is 63.0 Å². The van der Waals surface area contributed by atoms with Crippen molar-refractivity contribution in [1.82, 2.24) is 0 Å². The van der Waals surface area contributed by atoms with Gasteiger partial charge >= 0.3 is 0 Å². The second kappa shape index (κ2) is 14.2. The Kier molecular flexibility index (Phi) is 13.5. The van der Waals surface area contributed by atoms with Crippen molar-refractivity contribution in [3.8, 4) is 0 Å². The van der Waals surface area contributed by atoms with E-state index in [2.05, 4.69) is 37.8 Å². The molecule has 0 radical (unpaired) electrons. The Bertz CT molecular complexity index is 186. The van der Waals surface area contributed by atoms with Gasteiger partial charge in [-0.3, -0.25) is 0 Å². The van der Waals surface area contributed by atoms with E-state index in [1.165, 1.54) is 51.4 Å². The zero-order valence-electron chi connectivity index (χ0n) is 11.0. The summed E-state index contributed by atoms with van der Waals surface area (Å²) in [5.41, 5.74) is 0. The van der Waals surface area contributed by atoms with Gasteiger partial charge in [0, 0.05) is 0 Å². The van der Waals surface area contributed by atoms with E-state index >= 15 is 0 Å². The smallest absolute Gasteiger partial charge is 0.0172 e. The lowest BCUT2D eigenvalue weighted by Crippen LogP contribution is -1.76. The molecule has 0 bridgehead atoms. The quantitative estimate of drug-likeness (QED) is 0.304. The first-order valence-corrected chi connectivity index (χ1v) is 6.82. The van der Waals surface area contributed by atoms with Crippen molar-refractivity contribution >= 4 is 0 Å². The van der Waals surface area contributed by atoms with Crippen LogP contribution in [-0.4, -0.2) is 0 Å². The monoisotopic (exact) mass is 220 g/mol. The summed E-state index contributed by atoms with van der Waals surface area (Å²) in [6.45, 7) is 5.95. The first-order valence-electron chi connectivity index (χ1n) is 6.82. The van der Waals surface area contributed by atoms with Crippen LogP contribution in [0.5, 0.6) is 0 Å². The van der Waals surface area contributed by atoms with E-state index in [-0.39, 0.29) is 0 Å². The van der Waals surface area contributed by atoms with Crippen LogP contribution in [0.15, 0.2) is 37.0 Å². The highest BCUT2D eigenvalue weighted by Crippen LogP contribution is 2.05. The molecule has 0 nitrogen and oxygen atoms in total. The van der Waals surface area contributed by atoms with E-state index in [0.29, 0.717) is 0 Å². The van der Waals surface area contributed by atoms with Crippen molar-refractivity contribution in [3.63, 3.8) is 0 Å². The van der Waals surface area contributed by atoms with Crippen LogP contribution in [-0.2, 0) is 0 Å². The third kappa shape index (κ3) is 13.2. The van der Waals surface area contributed by atoms with Crippen molar-refractivity contribution in [2.24, 2.45) is 0 Å². The number of unbranched alkanes of at least 4 members (excludes halogenated alkanes) is 6. The maximum Gasteiger partial charge on any atom is -0.0172 e. The SMILES string of the molecule is C=CCC=CCCC=CCCCCCCC. The lowest BCUT2D eigenvalue weighted by atomic mass is 10.1. The van der Waals surface area contributed by atoms with E-state index in [1.807, 2.05) is 6.08 Å². The highest BCUT2D eigenvalue weighted by atomic mass is 13.9. The predicted octanol–water partition coefficient (Wildman–Crippen LogP) is 5.82. The van der Waals surface area contributed by atoms with Crippen molar-refractivity contribution in [3.05, 3.63) is 37.0 Å². The van der Waals surface area contributed by atoms with E-state index in [1.54, 1.807) is 0 Å². The Hall–Kier alpha value is -0.780. The molecule has 0 heteroatoms. The molecular weight excluding hydrogens is 192 g/mol. The van der Waals surface area contributed by atoms with E-state index in [9.17, 15) is 0 Å². The van der Waals surface area contributed by atoms with Gasteiger partial charge in [0.1, 0.15) is 0 Å². The molecule has 0 saturated heterocycles. The molecule has 0 fully saturated rings. The molecule has 0 unspecified atom stereocenters. The summed E-state index contributed by atoms with van der Waals surface area (Å²) in [4.78, 5) is 0. The summed E-state index contributed by atoms with van der Waals surface area (Å²) in [5, 5.41) is 0. The molecule has 0 aromatic heterocycles. The Labute approximate surface area is 102 Å². The van der Waals surface area contributed by atoms with Crippen LogP contribution >= 0.6 is 0 Å². The molecule has 92 valence electrons. The largest absolute Gasteiger partial charge is 0.103 e. The van der Waals surface area contributed by atoms with E-state index in [0.717, 1.165) is 6.42 Å². The Morgan fingerprint density at radius 1 is 0.750 bits per heavy atom. The van der Waals surface area contributed by atoms with Gasteiger partial charge in [0.25, 0.3) is 0 Å². The standard InChI is InChI=1S/C16H28/c1-3-5-7-9-11-13-15-16-14-12-10-8-6-4-2/h3,7,9,15-16H,1,4-6,8,10-14H2,2H3. The zero-order valence-corrected chi connectivity index (χ0v) is 11.0. The molecule has 16 heavy (non-hydrogen) atoms. The minimum Gasteiger partial charge on any atom is -0.103 e. The lowest BCUT2D eigenvalue weighted by molar-refractivity contribution is 0.637. The molecule has 0 aliphatic heterocycles. The number of rotatable bonds is 11. The van der Waals surface area contributed by atoms with Crippen molar-refractivity contribution in [2.75, 3.05) is 0 Å². The predicted molar refractivity (Wildman–Crippen MR) is 75.7 cm³/mol. The van der Waals surface area contributed by atoms with Crippen LogP contribution in [0.4, 0.5) is 0 Å². The fraction of sp³-hybridized carbons (Fsp3) is 0.625. The molecule has 0 amide bonds. The van der Waals surface area contributed by atoms with Crippen molar-refractivity contribution in [2.45, 2.75) is 64.7 Å². The summed E-state index contributed by atoms with van der Waals surface area (Å²) < 4.78 is 0. The molecule has 0 saturated carbocycles. The summed E-state index contributed by atoms with van der Waals surface area (Å²) in [6.07, 6.45) is 22.6. The maximum atomic E-state index is 3.68. The minimum absolute atomic E-state index is 1.00. The third-order valence-electron chi connectivity index (χ3n) is 2.61. The molecule has 0 N–H and O–H groups in total. The van der Waals surface area contributed by atoms with Crippen LogP contribution in [0.25, 0.3) is 0 Å². The Balaban J connectivity index is 3.12. The van der Waals surface area contributed by atoms with Gasteiger partial charge in [0.05, 0.1) is 0 Å². The molecular formula is C16H28. The third-order valence-corrected chi connectivity index (χ3v) is 2.61. The first-order chi connectivity index (χ1) is 7.91. The lowest BCUT2D eigenvalue weighted by Gasteiger charge is -1.95. The van der Waals surface area contributed by atoms with Crippen LogP contribution in [0, 0.1) is 0 Å². The molecule has 0 aromatic rings. The zero-order chi connectivity index (χ0) is 11.9. The van der Waals surface area contributed by atoms with Gasteiger partial charge in [0.2, 0.25) is 0 Å². The van der Waals surface area contributed by atoms with Gasteiger partial charge in [0.15, 0.2) is 0 Å². The molecule has 0 spiro atoms. The summed E-state index contributed by atoms with van der Waals surface area (Å²) in [6, 6.07) is 0. The van der Waals surface area contributed by atoms with E-state index in [4.69, 9.17) is 0 Å². The molecule has 0 aliphatic rings.